The van der Waals surface area contributed by atoms with Crippen LogP contribution in [0.2, 0.25) is 5.02 Å². The van der Waals surface area contributed by atoms with Gasteiger partial charge in [-0.1, -0.05) is 54.9 Å². The van der Waals surface area contributed by atoms with Crippen molar-refractivity contribution < 1.29 is 14.3 Å². The van der Waals surface area contributed by atoms with Crippen molar-refractivity contribution in [2.24, 2.45) is 5.92 Å². The molecule has 0 bridgehead atoms. The zero-order valence-electron chi connectivity index (χ0n) is 22.2. The topological polar surface area (TPSA) is 61.9 Å². The molecule has 0 unspecified atom stereocenters. The molecule has 0 aliphatic carbocycles. The molecule has 1 N–H and O–H groups in total. The quantitative estimate of drug-likeness (QED) is 0.273. The summed E-state index contributed by atoms with van der Waals surface area (Å²) >= 11 is 6.04. The number of hydrogen-bond acceptors (Lipinski definition) is 4. The van der Waals surface area contributed by atoms with E-state index in [9.17, 15) is 9.59 Å². The highest BCUT2D eigenvalue weighted by atomic mass is 35.5. The van der Waals surface area contributed by atoms with Gasteiger partial charge in [0.1, 0.15) is 0 Å². The Kier molecular flexibility index (Phi) is 8.64. The van der Waals surface area contributed by atoms with Crippen LogP contribution < -0.4 is 15.0 Å². The lowest BCUT2D eigenvalue weighted by atomic mass is 9.99. The molecule has 1 fully saturated rings. The highest BCUT2D eigenvalue weighted by Gasteiger charge is 2.30. The van der Waals surface area contributed by atoms with Crippen molar-refractivity contribution in [3.63, 3.8) is 0 Å². The lowest BCUT2D eigenvalue weighted by Crippen LogP contribution is -2.36. The number of nitrogens with one attached hydrogen (secondary N) is 1. The first kappa shape index (κ1) is 27.0. The Bertz CT molecular complexity index is 1330. The Hall–Kier alpha value is -3.61. The summed E-state index contributed by atoms with van der Waals surface area (Å²) in [6, 6.07) is 22.2. The molecule has 0 radical (unpaired) electrons. The molecular weight excluding hydrogens is 510 g/mol. The molecule has 39 heavy (non-hydrogen) atoms. The molecule has 7 heteroatoms. The van der Waals surface area contributed by atoms with Gasteiger partial charge in [-0.2, -0.15) is 0 Å². The number of anilines is 1. The van der Waals surface area contributed by atoms with Gasteiger partial charge in [0, 0.05) is 17.1 Å². The minimum absolute atomic E-state index is 0.0884. The number of nitrogens with zero attached hydrogens (tertiary/aromatic N) is 2. The lowest BCUT2D eigenvalue weighted by molar-refractivity contribution is -0.117. The van der Waals surface area contributed by atoms with Crippen molar-refractivity contribution in [1.82, 2.24) is 10.2 Å². The Morgan fingerprint density at radius 3 is 2.49 bits per heavy atom. The minimum Gasteiger partial charge on any atom is -0.449 e. The van der Waals surface area contributed by atoms with Crippen LogP contribution in [0.5, 0.6) is 5.75 Å². The normalized spacial score (nSPS) is 17.1. The number of carbonyl (C=O) groups excluding carboxylic acids is 2. The number of likely N-dealkylation sites (tertiary alicyclic amines) is 1. The van der Waals surface area contributed by atoms with E-state index in [1.807, 2.05) is 60.7 Å². The van der Waals surface area contributed by atoms with Gasteiger partial charge in [-0.25, -0.2) is 0 Å². The molecule has 0 atom stereocenters. The van der Waals surface area contributed by atoms with Gasteiger partial charge < -0.3 is 15.0 Å². The lowest BCUT2D eigenvalue weighted by Gasteiger charge is -2.30. The fourth-order valence-corrected chi connectivity index (χ4v) is 5.09. The van der Waals surface area contributed by atoms with Crippen LogP contribution in [0.3, 0.4) is 0 Å². The molecule has 2 aliphatic heterocycles. The maximum Gasteiger partial charge on any atom is 0.294 e. The summed E-state index contributed by atoms with van der Waals surface area (Å²) in [5.41, 5.74) is 3.05. The molecule has 2 amide bonds. The van der Waals surface area contributed by atoms with E-state index < -0.39 is 0 Å². The highest BCUT2D eigenvalue weighted by molar-refractivity contribution is 6.30. The van der Waals surface area contributed by atoms with Gasteiger partial charge in [0.2, 0.25) is 0 Å². The largest absolute Gasteiger partial charge is 0.449 e. The molecular formula is C32H34ClN3O3. The summed E-state index contributed by atoms with van der Waals surface area (Å²) in [6.07, 6.45) is 5.18. The van der Waals surface area contributed by atoms with Crippen molar-refractivity contribution in [1.29, 1.82) is 0 Å². The predicted molar refractivity (Wildman–Crippen MR) is 156 cm³/mol. The number of rotatable bonds is 8. The van der Waals surface area contributed by atoms with Gasteiger partial charge in [0.05, 0.1) is 12.2 Å². The van der Waals surface area contributed by atoms with E-state index >= 15 is 0 Å². The third kappa shape index (κ3) is 6.88. The Morgan fingerprint density at radius 2 is 1.74 bits per heavy atom. The third-order valence-electron chi connectivity index (χ3n) is 7.37. The van der Waals surface area contributed by atoms with Crippen molar-refractivity contribution in [2.45, 2.75) is 32.7 Å². The van der Waals surface area contributed by atoms with E-state index in [4.69, 9.17) is 16.3 Å². The number of fused-ring (bicyclic) bond motifs is 1. The summed E-state index contributed by atoms with van der Waals surface area (Å²) in [4.78, 5) is 30.3. The molecule has 6 nitrogen and oxygen atoms in total. The van der Waals surface area contributed by atoms with Gasteiger partial charge in [-0.05, 0) is 98.4 Å². The molecule has 0 spiro atoms. The molecule has 5 rings (SSSR count). The Morgan fingerprint density at radius 1 is 1.03 bits per heavy atom. The van der Waals surface area contributed by atoms with Crippen molar-refractivity contribution in [2.75, 3.05) is 31.1 Å². The van der Waals surface area contributed by atoms with Crippen LogP contribution in [0.15, 0.2) is 78.6 Å². The van der Waals surface area contributed by atoms with Crippen molar-refractivity contribution >= 4 is 35.2 Å². The first-order chi connectivity index (χ1) is 19.0. The molecule has 3 aromatic carbocycles. The van der Waals surface area contributed by atoms with E-state index in [1.54, 1.807) is 23.1 Å². The molecule has 3 aromatic rings. The first-order valence-electron chi connectivity index (χ1n) is 13.6. The monoisotopic (exact) mass is 543 g/mol. The number of halogens is 1. The number of ether oxygens (including phenoxy) is 1. The zero-order valence-corrected chi connectivity index (χ0v) is 23.0. The van der Waals surface area contributed by atoms with E-state index in [0.717, 1.165) is 48.8 Å². The predicted octanol–water partition coefficient (Wildman–Crippen LogP) is 6.16. The average molecular weight is 544 g/mol. The van der Waals surface area contributed by atoms with Crippen LogP contribution in [0.25, 0.3) is 6.08 Å². The second-order valence-corrected chi connectivity index (χ2v) is 10.8. The smallest absolute Gasteiger partial charge is 0.294 e. The molecule has 2 aliphatic rings. The summed E-state index contributed by atoms with van der Waals surface area (Å²) in [6.45, 7) is 6.69. The van der Waals surface area contributed by atoms with Gasteiger partial charge >= 0.3 is 0 Å². The molecule has 0 saturated carbocycles. The van der Waals surface area contributed by atoms with E-state index in [1.165, 1.54) is 12.8 Å². The van der Waals surface area contributed by atoms with Gasteiger partial charge in [0.15, 0.2) is 11.5 Å². The van der Waals surface area contributed by atoms with Crippen LogP contribution in [0, 0.1) is 5.92 Å². The average Bonchev–Trinajstić information content (AvgIpc) is 2.95. The van der Waals surface area contributed by atoms with E-state index in [0.29, 0.717) is 29.4 Å². The van der Waals surface area contributed by atoms with Crippen LogP contribution in [0.1, 0.15) is 47.7 Å². The standard InChI is InChI=1S/C32H34ClN3O3/c1-23-15-19-35(20-16-23)18-4-17-34-31(37)26-11-7-24(8-12-26)21-30-32(38)36(22-25-9-13-27(33)14-10-25)28-5-2-3-6-29(28)39-30/h2-3,5-14,21,23H,4,15-20,22H2,1H3,(H,34,37)/b30-21-. The van der Waals surface area contributed by atoms with Crippen molar-refractivity contribution in [3.8, 4) is 5.75 Å². The van der Waals surface area contributed by atoms with Gasteiger partial charge in [-0.15, -0.1) is 0 Å². The van der Waals surface area contributed by atoms with E-state index in [2.05, 4.69) is 17.1 Å². The second-order valence-electron chi connectivity index (χ2n) is 10.4. The maximum absolute atomic E-state index is 13.5. The number of para-hydroxylation sites is 2. The number of benzene rings is 3. The fraction of sp³-hybridized carbons (Fsp3) is 0.312. The Balaban J connectivity index is 1.21. The highest BCUT2D eigenvalue weighted by Crippen LogP contribution is 2.36. The fourth-order valence-electron chi connectivity index (χ4n) is 4.97. The number of hydrogen-bond donors (Lipinski definition) is 1. The number of carbonyl (C=O) groups is 2. The molecule has 202 valence electrons. The summed E-state index contributed by atoms with van der Waals surface area (Å²) in [5, 5.41) is 3.67. The summed E-state index contributed by atoms with van der Waals surface area (Å²) < 4.78 is 6.00. The molecule has 0 aromatic heterocycles. The van der Waals surface area contributed by atoms with Crippen LogP contribution in [-0.4, -0.2) is 42.9 Å². The van der Waals surface area contributed by atoms with E-state index in [-0.39, 0.29) is 17.6 Å². The SMILES string of the molecule is CC1CCN(CCCNC(=O)c2ccc(/C=C3\Oc4ccccc4N(Cc4ccc(Cl)cc4)C3=O)cc2)CC1. The maximum atomic E-state index is 13.5. The summed E-state index contributed by atoms with van der Waals surface area (Å²) in [5.74, 6) is 1.36. The second kappa shape index (κ2) is 12.5. The third-order valence-corrected chi connectivity index (χ3v) is 7.62. The molecule has 1 saturated heterocycles. The zero-order chi connectivity index (χ0) is 27.2. The minimum atomic E-state index is -0.228. The first-order valence-corrected chi connectivity index (χ1v) is 14.0. The van der Waals surface area contributed by atoms with Gasteiger partial charge in [0.25, 0.3) is 11.8 Å². The van der Waals surface area contributed by atoms with Crippen LogP contribution in [-0.2, 0) is 11.3 Å². The van der Waals surface area contributed by atoms with Gasteiger partial charge in [-0.3, -0.25) is 14.5 Å². The van der Waals surface area contributed by atoms with Crippen LogP contribution in [0.4, 0.5) is 5.69 Å². The number of amides is 2. The Labute approximate surface area is 235 Å². The summed E-state index contributed by atoms with van der Waals surface area (Å²) in [7, 11) is 0. The van der Waals surface area contributed by atoms with Crippen molar-refractivity contribution in [3.05, 3.63) is 100 Å². The number of piperidine rings is 1. The molecule has 2 heterocycles. The van der Waals surface area contributed by atoms with Crippen LogP contribution >= 0.6 is 11.6 Å².